The van der Waals surface area contributed by atoms with Crippen molar-refractivity contribution in [2.75, 3.05) is 4.90 Å². The zero-order valence-corrected chi connectivity index (χ0v) is 20.2. The van der Waals surface area contributed by atoms with Gasteiger partial charge in [-0.2, -0.15) is 5.26 Å². The summed E-state index contributed by atoms with van der Waals surface area (Å²) >= 11 is 2.00. The quantitative estimate of drug-likeness (QED) is 0.309. The van der Waals surface area contributed by atoms with Crippen molar-refractivity contribution in [3.63, 3.8) is 0 Å². The van der Waals surface area contributed by atoms with Gasteiger partial charge in [0.15, 0.2) is 0 Å². The summed E-state index contributed by atoms with van der Waals surface area (Å²) in [7, 11) is 0. The lowest BCUT2D eigenvalue weighted by atomic mass is 9.68. The summed E-state index contributed by atoms with van der Waals surface area (Å²) in [6, 6.07) is 23.7. The molecule has 0 radical (unpaired) electrons. The van der Waals surface area contributed by atoms with Gasteiger partial charge in [0.05, 0.1) is 22.9 Å². The molecule has 1 aromatic heterocycles. The van der Waals surface area contributed by atoms with Gasteiger partial charge < -0.3 is 4.90 Å². The zero-order valence-electron chi connectivity index (χ0n) is 19.4. The van der Waals surface area contributed by atoms with E-state index in [0.29, 0.717) is 10.9 Å². The molecule has 168 valence electrons. The zero-order chi connectivity index (χ0) is 23.6. The second kappa shape index (κ2) is 7.64. The van der Waals surface area contributed by atoms with Crippen LogP contribution in [0, 0.1) is 28.6 Å². The van der Waals surface area contributed by atoms with Gasteiger partial charge in [-0.15, -0.1) is 11.8 Å². The molecule has 3 nitrogen and oxygen atoms in total. The highest BCUT2D eigenvalue weighted by atomic mass is 32.2. The summed E-state index contributed by atoms with van der Waals surface area (Å²) in [6.07, 6.45) is 8.69. The minimum atomic E-state index is 0.0534. The fourth-order valence-corrected chi connectivity index (χ4v) is 7.91. The van der Waals surface area contributed by atoms with Crippen molar-refractivity contribution >= 4 is 17.4 Å². The lowest BCUT2D eigenvalue weighted by Crippen LogP contribution is -2.41. The van der Waals surface area contributed by atoms with Crippen LogP contribution in [0.25, 0.3) is 11.1 Å². The van der Waals surface area contributed by atoms with E-state index in [1.165, 1.54) is 21.7 Å². The fraction of sp³-hybridized carbons (Fsp3) is 0.226. The summed E-state index contributed by atoms with van der Waals surface area (Å²) in [4.78, 5) is 8.00. The second-order valence-electron chi connectivity index (χ2n) is 9.88. The van der Waals surface area contributed by atoms with E-state index in [1.54, 1.807) is 6.20 Å². The van der Waals surface area contributed by atoms with Crippen LogP contribution in [-0.2, 0) is 0 Å². The lowest BCUT2D eigenvalue weighted by molar-refractivity contribution is 0.327. The maximum atomic E-state index is 9.31. The number of benzene rings is 2. The number of allylic oxidation sites excluding steroid dienone is 2. The molecule has 2 aromatic carbocycles. The monoisotopic (exact) mass is 469 g/mol. The van der Waals surface area contributed by atoms with Crippen LogP contribution in [0.4, 0.5) is 5.69 Å². The lowest BCUT2D eigenvalue weighted by Gasteiger charge is -2.40. The molecule has 35 heavy (non-hydrogen) atoms. The number of thioether (sulfide) groups is 1. The van der Waals surface area contributed by atoms with E-state index in [9.17, 15) is 5.26 Å². The van der Waals surface area contributed by atoms with E-state index in [4.69, 9.17) is 0 Å². The van der Waals surface area contributed by atoms with Gasteiger partial charge in [0.25, 0.3) is 0 Å². The molecular weight excluding hydrogens is 446 g/mol. The smallest absolute Gasteiger partial charge is 0.141 e. The van der Waals surface area contributed by atoms with Crippen LogP contribution in [-0.4, -0.2) is 16.3 Å². The molecule has 7 rings (SSSR count). The van der Waals surface area contributed by atoms with Crippen LogP contribution in [0.15, 0.2) is 95.2 Å². The van der Waals surface area contributed by atoms with Crippen LogP contribution >= 0.6 is 11.8 Å². The third-order valence-electron chi connectivity index (χ3n) is 7.96. The van der Waals surface area contributed by atoms with Crippen LogP contribution < -0.4 is 4.90 Å². The minimum absolute atomic E-state index is 0.0534. The van der Waals surface area contributed by atoms with E-state index in [-0.39, 0.29) is 17.4 Å². The standard InChI is InChI=1S/C31H23N3S/c1-31-15-5-4-11-28(31)34(23-8-6-7-20(18-23)21-14-16-33-22(17-21)19-32)26-13-12-25-24-9-2-3-10-27(24)35-30(25)29(26)31/h2-4,6-11,14,16-18,25,28,30H,5,15H2,1H3. The molecule has 3 aromatic rings. The molecule has 0 fully saturated rings. The predicted octanol–water partition coefficient (Wildman–Crippen LogP) is 6.69. The van der Waals surface area contributed by atoms with Crippen molar-refractivity contribution in [1.29, 1.82) is 5.26 Å². The number of hydrogen-bond donors (Lipinski definition) is 0. The molecule has 0 saturated carbocycles. The van der Waals surface area contributed by atoms with Gasteiger partial charge in [-0.25, -0.2) is 4.98 Å². The number of pyridine rings is 1. The molecule has 0 amide bonds. The van der Waals surface area contributed by atoms with Crippen LogP contribution in [0.3, 0.4) is 0 Å². The Balaban J connectivity index is 1.37. The van der Waals surface area contributed by atoms with E-state index in [1.807, 2.05) is 23.9 Å². The molecule has 4 aliphatic rings. The molecule has 3 heterocycles. The Morgan fingerprint density at radius 2 is 2.00 bits per heavy atom. The van der Waals surface area contributed by atoms with Crippen molar-refractivity contribution in [1.82, 2.24) is 4.98 Å². The van der Waals surface area contributed by atoms with E-state index >= 15 is 0 Å². The largest absolute Gasteiger partial charge is 0.327 e. The topological polar surface area (TPSA) is 39.9 Å². The summed E-state index contributed by atoms with van der Waals surface area (Å²) in [5.41, 5.74) is 7.83. The van der Waals surface area contributed by atoms with Crippen molar-refractivity contribution in [2.45, 2.75) is 41.9 Å². The maximum Gasteiger partial charge on any atom is 0.141 e. The van der Waals surface area contributed by atoms with Gasteiger partial charge in [-0.1, -0.05) is 55.3 Å². The number of nitrogens with zero attached hydrogens (tertiary/aromatic N) is 3. The first kappa shape index (κ1) is 20.6. The average Bonchev–Trinajstić information content (AvgIpc) is 3.41. The van der Waals surface area contributed by atoms with Crippen LogP contribution in [0.5, 0.6) is 0 Å². The molecule has 0 saturated heterocycles. The number of fused-ring (bicyclic) bond motifs is 6. The Morgan fingerprint density at radius 1 is 1.11 bits per heavy atom. The summed E-state index contributed by atoms with van der Waals surface area (Å²) in [6.45, 7) is 2.45. The third kappa shape index (κ3) is 2.97. The van der Waals surface area contributed by atoms with E-state index in [0.717, 1.165) is 29.7 Å². The number of rotatable bonds is 2. The molecular formula is C31H23N3S. The first-order valence-corrected chi connectivity index (χ1v) is 13.0. The molecule has 0 spiro atoms. The summed E-state index contributed by atoms with van der Waals surface area (Å²) in [5, 5.41) is 9.68. The number of anilines is 1. The van der Waals surface area contributed by atoms with Crippen molar-refractivity contribution in [3.05, 3.63) is 102 Å². The molecule has 4 heteroatoms. The first-order chi connectivity index (χ1) is 17.2. The number of nitriles is 1. The Labute approximate surface area is 210 Å². The minimum Gasteiger partial charge on any atom is -0.327 e. The Bertz CT molecular complexity index is 1550. The molecule has 0 bridgehead atoms. The van der Waals surface area contributed by atoms with Crippen molar-refractivity contribution in [2.24, 2.45) is 5.41 Å². The van der Waals surface area contributed by atoms with Gasteiger partial charge in [0.2, 0.25) is 0 Å². The first-order valence-electron chi connectivity index (χ1n) is 12.1. The van der Waals surface area contributed by atoms with Gasteiger partial charge in [-0.05, 0) is 71.4 Å². The fourth-order valence-electron chi connectivity index (χ4n) is 6.29. The highest BCUT2D eigenvalue weighted by molar-refractivity contribution is 8.00. The van der Waals surface area contributed by atoms with Crippen LogP contribution in [0.2, 0.25) is 0 Å². The van der Waals surface area contributed by atoms with Gasteiger partial charge in [-0.3, -0.25) is 0 Å². The highest BCUT2D eigenvalue weighted by Crippen LogP contribution is 2.61. The van der Waals surface area contributed by atoms with Gasteiger partial charge >= 0.3 is 0 Å². The van der Waals surface area contributed by atoms with Crippen molar-refractivity contribution < 1.29 is 0 Å². The maximum absolute atomic E-state index is 9.31. The second-order valence-corrected chi connectivity index (χ2v) is 11.1. The summed E-state index contributed by atoms with van der Waals surface area (Å²) in [5.74, 6) is 7.58. The number of hydrogen-bond acceptors (Lipinski definition) is 4. The van der Waals surface area contributed by atoms with Gasteiger partial charge in [0.1, 0.15) is 11.8 Å². The Morgan fingerprint density at radius 3 is 2.91 bits per heavy atom. The number of aromatic nitrogens is 1. The molecule has 4 unspecified atom stereocenters. The van der Waals surface area contributed by atoms with E-state index < -0.39 is 0 Å². The van der Waals surface area contributed by atoms with Gasteiger partial charge in [0, 0.05) is 22.2 Å². The van der Waals surface area contributed by atoms with Crippen molar-refractivity contribution in [3.8, 4) is 29.0 Å². The van der Waals surface area contributed by atoms with Crippen LogP contribution in [0.1, 0.15) is 36.9 Å². The van der Waals surface area contributed by atoms with E-state index in [2.05, 4.69) is 95.4 Å². The highest BCUT2D eigenvalue weighted by Gasteiger charge is 2.55. The molecule has 2 aliphatic carbocycles. The molecule has 4 atom stereocenters. The average molecular weight is 470 g/mol. The Hall–Kier alpha value is -3.73. The SMILES string of the molecule is CC12CCC=CC1N(c1cccc(-c3ccnc(C#N)c3)c1)C1=C2C2Sc3ccccc3C2C#C1. The normalized spacial score (nSPS) is 27.3. The summed E-state index contributed by atoms with van der Waals surface area (Å²) < 4.78 is 0. The predicted molar refractivity (Wildman–Crippen MR) is 141 cm³/mol. The Kier molecular flexibility index (Phi) is 4.50. The molecule has 0 N–H and O–H groups in total. The molecule has 2 aliphatic heterocycles. The third-order valence-corrected chi connectivity index (χ3v) is 9.35.